The Morgan fingerprint density at radius 1 is 1.02 bits per heavy atom. The van der Waals surface area contributed by atoms with Crippen LogP contribution in [0.3, 0.4) is 0 Å². The largest absolute Gasteiger partial charge is 0.456 e. The van der Waals surface area contributed by atoms with Gasteiger partial charge in [-0.2, -0.15) is 13.2 Å². The number of halogens is 3. The van der Waals surface area contributed by atoms with Gasteiger partial charge in [0, 0.05) is 35.3 Å². The zero-order valence-corrected chi connectivity index (χ0v) is 23.4. The second-order valence-electron chi connectivity index (χ2n) is 11.5. The lowest BCUT2D eigenvalue weighted by atomic mass is 9.93. The van der Waals surface area contributed by atoms with Gasteiger partial charge in [0.25, 0.3) is 11.5 Å². The van der Waals surface area contributed by atoms with Crippen molar-refractivity contribution in [2.24, 2.45) is 7.05 Å². The quantitative estimate of drug-likeness (QED) is 0.265. The van der Waals surface area contributed by atoms with Crippen LogP contribution in [-0.4, -0.2) is 26.1 Å². The molecule has 2 aromatic heterocycles. The maximum absolute atomic E-state index is 13.9. The summed E-state index contributed by atoms with van der Waals surface area (Å²) in [5.41, 5.74) is -1.35. The van der Waals surface area contributed by atoms with E-state index in [1.165, 1.54) is 49.0 Å². The van der Waals surface area contributed by atoms with Gasteiger partial charge in [-0.25, -0.2) is 0 Å². The van der Waals surface area contributed by atoms with Crippen LogP contribution in [0.4, 0.5) is 13.2 Å². The third kappa shape index (κ3) is 5.77. The van der Waals surface area contributed by atoms with Gasteiger partial charge in [-0.05, 0) is 76.9 Å². The zero-order chi connectivity index (χ0) is 29.8. The van der Waals surface area contributed by atoms with Crippen molar-refractivity contribution < 1.29 is 27.8 Å². The zero-order valence-electron chi connectivity index (χ0n) is 23.4. The normalized spacial score (nSPS) is 12.6. The lowest BCUT2D eigenvalue weighted by Gasteiger charge is -2.22. The van der Waals surface area contributed by atoms with Crippen molar-refractivity contribution in [1.29, 1.82) is 0 Å². The van der Waals surface area contributed by atoms with E-state index in [4.69, 9.17) is 4.74 Å². The van der Waals surface area contributed by atoms with Crippen LogP contribution in [0, 0.1) is 6.92 Å². The standard InChI is InChI=1S/C30H32F3N3O4/c1-16-9-8-10-21(30(31,32)33)25(16)40-23-12-11-17(29(5,6)39)13-18(23)20-15-36(7)27(38)24-19(20)14-22(34-24)26(37)35-28(2,3)4/h8-15,34,39H,1-7H3,(H,35,37). The maximum atomic E-state index is 13.9. The van der Waals surface area contributed by atoms with Crippen LogP contribution < -0.4 is 15.6 Å². The van der Waals surface area contributed by atoms with Crippen LogP contribution in [-0.2, 0) is 18.8 Å². The Labute approximate surface area is 229 Å². The van der Waals surface area contributed by atoms with Gasteiger partial charge in [-0.3, -0.25) is 9.59 Å². The lowest BCUT2D eigenvalue weighted by molar-refractivity contribution is -0.138. The number of pyridine rings is 1. The second-order valence-corrected chi connectivity index (χ2v) is 11.5. The molecule has 10 heteroatoms. The average molecular weight is 556 g/mol. The molecule has 1 amide bonds. The van der Waals surface area contributed by atoms with Crippen LogP contribution in [0.5, 0.6) is 11.5 Å². The third-order valence-electron chi connectivity index (χ3n) is 6.40. The van der Waals surface area contributed by atoms with Crippen molar-refractivity contribution in [3.05, 3.63) is 81.4 Å². The van der Waals surface area contributed by atoms with Crippen LogP contribution in [0.15, 0.2) is 53.5 Å². The molecule has 0 atom stereocenters. The number of aromatic amines is 1. The fourth-order valence-corrected chi connectivity index (χ4v) is 4.41. The van der Waals surface area contributed by atoms with Crippen LogP contribution in [0.2, 0.25) is 0 Å². The second kappa shape index (κ2) is 9.85. The number of aliphatic hydroxyl groups is 1. The summed E-state index contributed by atoms with van der Waals surface area (Å²) in [6, 6.07) is 9.99. The van der Waals surface area contributed by atoms with Crippen molar-refractivity contribution in [3.8, 4) is 22.6 Å². The van der Waals surface area contributed by atoms with Crippen molar-refractivity contribution in [2.45, 2.75) is 58.9 Å². The minimum absolute atomic E-state index is 0.0784. The van der Waals surface area contributed by atoms with E-state index in [1.54, 1.807) is 26.0 Å². The first kappa shape index (κ1) is 28.9. The number of ether oxygens (including phenoxy) is 1. The first-order chi connectivity index (χ1) is 18.4. The molecule has 0 unspecified atom stereocenters. The predicted molar refractivity (Wildman–Crippen MR) is 148 cm³/mol. The average Bonchev–Trinajstić information content (AvgIpc) is 3.27. The molecule has 0 aliphatic carbocycles. The van der Waals surface area contributed by atoms with Crippen molar-refractivity contribution >= 4 is 16.8 Å². The van der Waals surface area contributed by atoms with Gasteiger partial charge in [0.05, 0.1) is 11.2 Å². The highest BCUT2D eigenvalue weighted by atomic mass is 19.4. The Bertz CT molecular complexity index is 1670. The fraction of sp³-hybridized carbons (Fsp3) is 0.333. The summed E-state index contributed by atoms with van der Waals surface area (Å²) in [7, 11) is 1.53. The molecular formula is C30H32F3N3O4. The molecule has 0 aliphatic heterocycles. The minimum atomic E-state index is -4.66. The van der Waals surface area contributed by atoms with Crippen molar-refractivity contribution in [1.82, 2.24) is 14.9 Å². The first-order valence-electron chi connectivity index (χ1n) is 12.6. The summed E-state index contributed by atoms with van der Waals surface area (Å²) < 4.78 is 48.9. The van der Waals surface area contributed by atoms with Gasteiger partial charge in [-0.15, -0.1) is 0 Å². The number of rotatable bonds is 5. The molecule has 0 saturated heterocycles. The molecule has 3 N–H and O–H groups in total. The molecule has 2 aromatic carbocycles. The number of amides is 1. The maximum Gasteiger partial charge on any atom is 0.419 e. The summed E-state index contributed by atoms with van der Waals surface area (Å²) in [6.07, 6.45) is -3.13. The molecule has 4 rings (SSSR count). The van der Waals surface area contributed by atoms with Crippen molar-refractivity contribution in [3.63, 3.8) is 0 Å². The molecule has 212 valence electrons. The molecule has 0 spiro atoms. The van der Waals surface area contributed by atoms with Gasteiger partial charge in [0.15, 0.2) is 0 Å². The van der Waals surface area contributed by atoms with E-state index in [9.17, 15) is 27.9 Å². The van der Waals surface area contributed by atoms with E-state index >= 15 is 0 Å². The van der Waals surface area contributed by atoms with Gasteiger partial charge in [-0.1, -0.05) is 18.2 Å². The molecular weight excluding hydrogens is 523 g/mol. The Morgan fingerprint density at radius 3 is 2.30 bits per heavy atom. The fourth-order valence-electron chi connectivity index (χ4n) is 4.41. The molecule has 40 heavy (non-hydrogen) atoms. The molecule has 0 saturated carbocycles. The van der Waals surface area contributed by atoms with E-state index < -0.39 is 34.3 Å². The molecule has 0 fully saturated rings. The number of carbonyl (C=O) groups is 1. The van der Waals surface area contributed by atoms with E-state index in [0.717, 1.165) is 6.07 Å². The highest BCUT2D eigenvalue weighted by molar-refractivity contribution is 6.03. The summed E-state index contributed by atoms with van der Waals surface area (Å²) in [5, 5.41) is 14.0. The number of hydrogen-bond acceptors (Lipinski definition) is 4. The first-order valence-corrected chi connectivity index (χ1v) is 12.6. The number of benzene rings is 2. The number of carbonyl (C=O) groups excluding carboxylic acids is 1. The van der Waals surface area contributed by atoms with Crippen LogP contribution >= 0.6 is 0 Å². The summed E-state index contributed by atoms with van der Waals surface area (Å²) in [5.74, 6) is -0.699. The SMILES string of the molecule is Cc1cccc(C(F)(F)F)c1Oc1ccc(C(C)(C)O)cc1-c1cn(C)c(=O)c2[nH]c(C(=O)NC(C)(C)C)cc12. The van der Waals surface area contributed by atoms with Gasteiger partial charge >= 0.3 is 6.18 Å². The highest BCUT2D eigenvalue weighted by Gasteiger charge is 2.35. The highest BCUT2D eigenvalue weighted by Crippen LogP contribution is 2.44. The lowest BCUT2D eigenvalue weighted by Crippen LogP contribution is -2.40. The number of H-pyrrole nitrogens is 1. The number of para-hydroxylation sites is 1. The summed E-state index contributed by atoms with van der Waals surface area (Å²) in [6.45, 7) is 10.2. The third-order valence-corrected chi connectivity index (χ3v) is 6.40. The number of nitrogens with zero attached hydrogens (tertiary/aromatic N) is 1. The van der Waals surface area contributed by atoms with Crippen molar-refractivity contribution in [2.75, 3.05) is 0 Å². The molecule has 7 nitrogen and oxygen atoms in total. The molecule has 0 radical (unpaired) electrons. The number of aromatic nitrogens is 2. The van der Waals surface area contributed by atoms with Crippen LogP contribution in [0.1, 0.15) is 61.8 Å². The number of hydrogen-bond donors (Lipinski definition) is 3. The monoisotopic (exact) mass is 555 g/mol. The molecule has 0 aliphatic rings. The Balaban J connectivity index is 2.00. The van der Waals surface area contributed by atoms with Crippen LogP contribution in [0.25, 0.3) is 22.0 Å². The van der Waals surface area contributed by atoms with Gasteiger partial charge in [0.1, 0.15) is 22.7 Å². The van der Waals surface area contributed by atoms with E-state index in [-0.39, 0.29) is 28.3 Å². The number of nitrogens with one attached hydrogen (secondary N) is 2. The Morgan fingerprint density at radius 2 is 1.70 bits per heavy atom. The number of aryl methyl sites for hydroxylation is 2. The summed E-state index contributed by atoms with van der Waals surface area (Å²) in [4.78, 5) is 28.9. The Hall–Kier alpha value is -4.05. The van der Waals surface area contributed by atoms with E-state index in [2.05, 4.69) is 10.3 Å². The van der Waals surface area contributed by atoms with E-state index in [1.807, 2.05) is 20.8 Å². The minimum Gasteiger partial charge on any atom is -0.456 e. The van der Waals surface area contributed by atoms with Gasteiger partial charge in [0.2, 0.25) is 0 Å². The molecule has 2 heterocycles. The molecule has 0 bridgehead atoms. The number of fused-ring (bicyclic) bond motifs is 1. The smallest absolute Gasteiger partial charge is 0.419 e. The van der Waals surface area contributed by atoms with Gasteiger partial charge < -0.3 is 24.7 Å². The molecule has 4 aromatic rings. The number of alkyl halides is 3. The van der Waals surface area contributed by atoms with E-state index in [0.29, 0.717) is 22.1 Å². The Kier molecular flexibility index (Phi) is 7.13. The predicted octanol–water partition coefficient (Wildman–Crippen LogP) is 6.41. The topological polar surface area (TPSA) is 96.3 Å². The summed E-state index contributed by atoms with van der Waals surface area (Å²) >= 11 is 0.